The van der Waals surface area contributed by atoms with Gasteiger partial charge in [-0.25, -0.2) is 4.98 Å². The van der Waals surface area contributed by atoms with E-state index in [1.807, 2.05) is 12.1 Å². The molecule has 1 atom stereocenters. The van der Waals surface area contributed by atoms with Crippen molar-refractivity contribution in [1.29, 1.82) is 0 Å². The summed E-state index contributed by atoms with van der Waals surface area (Å²) in [5.41, 5.74) is 3.60. The van der Waals surface area contributed by atoms with Crippen LogP contribution in [-0.2, 0) is 6.54 Å². The molecule has 3 heterocycles. The number of benzene rings is 1. The fraction of sp³-hybridized carbons (Fsp3) is 0.350. The Kier molecular flexibility index (Phi) is 4.32. The number of piperazine rings is 1. The highest BCUT2D eigenvalue weighted by molar-refractivity contribution is 5.39. The van der Waals surface area contributed by atoms with Gasteiger partial charge in [0.05, 0.1) is 5.69 Å². The Hall–Kier alpha value is -2.17. The number of hydrogen-bond donors (Lipinski definition) is 0. The van der Waals surface area contributed by atoms with Crippen LogP contribution in [0.4, 0.5) is 0 Å². The Morgan fingerprint density at radius 1 is 0.958 bits per heavy atom. The Morgan fingerprint density at radius 3 is 2.46 bits per heavy atom. The summed E-state index contributed by atoms with van der Waals surface area (Å²) in [5.74, 6) is 0. The number of nitrogens with zero attached hydrogens (tertiary/aromatic N) is 4. The molecule has 1 fully saturated rings. The summed E-state index contributed by atoms with van der Waals surface area (Å²) in [6.45, 7) is 7.69. The molecule has 3 aromatic rings. The molecular weight excluding hydrogens is 296 g/mol. The van der Waals surface area contributed by atoms with Crippen molar-refractivity contribution < 1.29 is 0 Å². The lowest BCUT2D eigenvalue weighted by atomic mass is 10.1. The van der Waals surface area contributed by atoms with Crippen molar-refractivity contribution in [1.82, 2.24) is 19.2 Å². The molecule has 4 rings (SSSR count). The molecule has 1 aliphatic heterocycles. The van der Waals surface area contributed by atoms with Crippen molar-refractivity contribution in [3.8, 4) is 0 Å². The van der Waals surface area contributed by atoms with Gasteiger partial charge < -0.3 is 4.40 Å². The number of pyridine rings is 1. The zero-order chi connectivity index (χ0) is 16.4. The van der Waals surface area contributed by atoms with Gasteiger partial charge in [0.15, 0.2) is 0 Å². The first-order chi connectivity index (χ1) is 11.8. The first-order valence-electron chi connectivity index (χ1n) is 8.73. The molecule has 0 aliphatic carbocycles. The highest BCUT2D eigenvalue weighted by Crippen LogP contribution is 2.21. The maximum atomic E-state index is 4.72. The van der Waals surface area contributed by atoms with Gasteiger partial charge in [0.1, 0.15) is 5.65 Å². The van der Waals surface area contributed by atoms with E-state index >= 15 is 0 Å². The van der Waals surface area contributed by atoms with Crippen LogP contribution in [0.15, 0.2) is 60.9 Å². The first kappa shape index (κ1) is 15.4. The second-order valence-electron chi connectivity index (χ2n) is 6.60. The summed E-state index contributed by atoms with van der Waals surface area (Å²) in [7, 11) is 0. The Balaban J connectivity index is 1.36. The summed E-state index contributed by atoms with van der Waals surface area (Å²) >= 11 is 0. The topological polar surface area (TPSA) is 23.8 Å². The van der Waals surface area contributed by atoms with Crippen LogP contribution < -0.4 is 0 Å². The van der Waals surface area contributed by atoms with Crippen LogP contribution in [0.5, 0.6) is 0 Å². The molecule has 124 valence electrons. The monoisotopic (exact) mass is 320 g/mol. The largest absolute Gasteiger partial charge is 0.307 e. The third-order valence-electron chi connectivity index (χ3n) is 5.04. The fourth-order valence-electron chi connectivity index (χ4n) is 3.54. The second kappa shape index (κ2) is 6.75. The maximum Gasteiger partial charge on any atom is 0.137 e. The third-order valence-corrected chi connectivity index (χ3v) is 5.04. The molecule has 0 N–H and O–H groups in total. The van der Waals surface area contributed by atoms with E-state index in [1.54, 1.807) is 0 Å². The number of hydrogen-bond acceptors (Lipinski definition) is 3. The lowest BCUT2D eigenvalue weighted by Gasteiger charge is -2.38. The summed E-state index contributed by atoms with van der Waals surface area (Å²) < 4.78 is 2.10. The first-order valence-corrected chi connectivity index (χ1v) is 8.73. The quantitative estimate of drug-likeness (QED) is 0.737. The van der Waals surface area contributed by atoms with E-state index in [0.717, 1.165) is 44.1 Å². The van der Waals surface area contributed by atoms with Crippen molar-refractivity contribution in [2.75, 3.05) is 26.2 Å². The molecule has 1 unspecified atom stereocenters. The summed E-state index contributed by atoms with van der Waals surface area (Å²) in [5, 5.41) is 0. The zero-order valence-corrected chi connectivity index (χ0v) is 14.2. The van der Waals surface area contributed by atoms with E-state index in [0.29, 0.717) is 6.04 Å². The van der Waals surface area contributed by atoms with Gasteiger partial charge in [0.25, 0.3) is 0 Å². The molecule has 0 amide bonds. The summed E-state index contributed by atoms with van der Waals surface area (Å²) in [6.07, 6.45) is 4.21. The van der Waals surface area contributed by atoms with Crippen LogP contribution in [0.25, 0.3) is 5.65 Å². The molecule has 0 radical (unpaired) electrons. The minimum atomic E-state index is 0.489. The molecule has 4 heteroatoms. The third kappa shape index (κ3) is 3.21. The van der Waals surface area contributed by atoms with Crippen LogP contribution in [0.2, 0.25) is 0 Å². The van der Waals surface area contributed by atoms with E-state index in [-0.39, 0.29) is 0 Å². The van der Waals surface area contributed by atoms with Gasteiger partial charge in [-0.3, -0.25) is 9.80 Å². The van der Waals surface area contributed by atoms with Crippen LogP contribution in [-0.4, -0.2) is 45.4 Å². The van der Waals surface area contributed by atoms with Crippen LogP contribution >= 0.6 is 0 Å². The lowest BCUT2D eigenvalue weighted by molar-refractivity contribution is 0.0972. The van der Waals surface area contributed by atoms with E-state index < -0.39 is 0 Å². The number of fused-ring (bicyclic) bond motifs is 1. The van der Waals surface area contributed by atoms with E-state index in [9.17, 15) is 0 Å². The minimum absolute atomic E-state index is 0.489. The van der Waals surface area contributed by atoms with Gasteiger partial charge in [0.2, 0.25) is 0 Å². The molecule has 1 saturated heterocycles. The molecule has 0 bridgehead atoms. The molecule has 0 spiro atoms. The van der Waals surface area contributed by atoms with E-state index in [4.69, 9.17) is 4.98 Å². The van der Waals surface area contributed by atoms with Crippen LogP contribution in [0.3, 0.4) is 0 Å². The summed E-state index contributed by atoms with van der Waals surface area (Å²) in [6, 6.07) is 17.4. The Morgan fingerprint density at radius 2 is 1.71 bits per heavy atom. The standard InChI is InChI=1S/C20H24N4/c1-17(18-7-3-2-4-8-18)23-13-11-22(12-14-23)15-19-16-24-10-6-5-9-20(24)21-19/h2-10,16-17H,11-15H2,1H3. The van der Waals surface area contributed by atoms with Crippen molar-refractivity contribution in [2.24, 2.45) is 0 Å². The maximum absolute atomic E-state index is 4.72. The van der Waals surface area contributed by atoms with Crippen molar-refractivity contribution in [2.45, 2.75) is 19.5 Å². The average Bonchev–Trinajstić information content (AvgIpc) is 3.05. The van der Waals surface area contributed by atoms with Gasteiger partial charge in [-0.05, 0) is 24.6 Å². The van der Waals surface area contributed by atoms with Gasteiger partial charge in [-0.2, -0.15) is 0 Å². The van der Waals surface area contributed by atoms with Crippen molar-refractivity contribution in [3.63, 3.8) is 0 Å². The van der Waals surface area contributed by atoms with Gasteiger partial charge in [-0.15, -0.1) is 0 Å². The van der Waals surface area contributed by atoms with Gasteiger partial charge >= 0.3 is 0 Å². The predicted octanol–water partition coefficient (Wildman–Crippen LogP) is 3.21. The highest BCUT2D eigenvalue weighted by atomic mass is 15.3. The predicted molar refractivity (Wildman–Crippen MR) is 96.9 cm³/mol. The molecular formula is C20H24N4. The van der Waals surface area contributed by atoms with Crippen LogP contribution in [0.1, 0.15) is 24.2 Å². The molecule has 24 heavy (non-hydrogen) atoms. The number of rotatable bonds is 4. The molecule has 0 saturated carbocycles. The average molecular weight is 320 g/mol. The molecule has 1 aromatic carbocycles. The SMILES string of the molecule is CC(c1ccccc1)N1CCN(Cc2cn3ccccc3n2)CC1. The van der Waals surface area contributed by atoms with Crippen molar-refractivity contribution >= 4 is 5.65 Å². The highest BCUT2D eigenvalue weighted by Gasteiger charge is 2.22. The minimum Gasteiger partial charge on any atom is -0.307 e. The smallest absolute Gasteiger partial charge is 0.137 e. The van der Waals surface area contributed by atoms with Crippen molar-refractivity contribution in [3.05, 3.63) is 72.2 Å². The molecule has 4 nitrogen and oxygen atoms in total. The Labute approximate surface area is 143 Å². The van der Waals surface area contributed by atoms with Crippen LogP contribution in [0, 0.1) is 0 Å². The molecule has 2 aromatic heterocycles. The fourth-order valence-corrected chi connectivity index (χ4v) is 3.54. The zero-order valence-electron chi connectivity index (χ0n) is 14.2. The van der Waals surface area contributed by atoms with Gasteiger partial charge in [-0.1, -0.05) is 36.4 Å². The summed E-state index contributed by atoms with van der Waals surface area (Å²) in [4.78, 5) is 9.81. The second-order valence-corrected chi connectivity index (χ2v) is 6.60. The van der Waals surface area contributed by atoms with E-state index in [2.05, 4.69) is 69.9 Å². The normalized spacial score (nSPS) is 18.0. The van der Waals surface area contributed by atoms with Gasteiger partial charge in [0, 0.05) is 51.2 Å². The molecule has 1 aliphatic rings. The lowest BCUT2D eigenvalue weighted by Crippen LogP contribution is -2.46. The Bertz CT molecular complexity index is 755. The number of imidazole rings is 1. The van der Waals surface area contributed by atoms with E-state index in [1.165, 1.54) is 5.56 Å². The number of aromatic nitrogens is 2.